The molecule has 16 heavy (non-hydrogen) atoms. The van der Waals surface area contributed by atoms with Crippen LogP contribution in [0, 0.1) is 0 Å². The van der Waals surface area contributed by atoms with Gasteiger partial charge in [-0.1, -0.05) is 6.92 Å². The molecule has 0 aromatic carbocycles. The molecule has 2 fully saturated rings. The Bertz CT molecular complexity index is 281. The lowest BCUT2D eigenvalue weighted by molar-refractivity contribution is -0.132. The van der Waals surface area contributed by atoms with Crippen LogP contribution in [0.5, 0.6) is 0 Å². The van der Waals surface area contributed by atoms with Gasteiger partial charge >= 0.3 is 0 Å². The first-order valence-corrected chi connectivity index (χ1v) is 6.31. The van der Waals surface area contributed by atoms with Crippen LogP contribution in [0.15, 0.2) is 0 Å². The minimum atomic E-state index is -0.322. The molecule has 2 heterocycles. The molecule has 2 unspecified atom stereocenters. The van der Waals surface area contributed by atoms with Gasteiger partial charge in [-0.15, -0.1) is 0 Å². The molecule has 2 atom stereocenters. The maximum Gasteiger partial charge on any atom is 0.243 e. The van der Waals surface area contributed by atoms with E-state index < -0.39 is 0 Å². The van der Waals surface area contributed by atoms with Crippen molar-refractivity contribution in [1.82, 2.24) is 15.1 Å². The Morgan fingerprint density at radius 3 is 2.81 bits per heavy atom. The molecular weight excluding hydrogens is 202 g/mol. The summed E-state index contributed by atoms with van der Waals surface area (Å²) >= 11 is 0. The highest BCUT2D eigenvalue weighted by molar-refractivity contribution is 5.87. The topological polar surface area (TPSA) is 35.6 Å². The normalized spacial score (nSPS) is 36.3. The first-order chi connectivity index (χ1) is 7.57. The van der Waals surface area contributed by atoms with Gasteiger partial charge in [0.25, 0.3) is 0 Å². The maximum atomic E-state index is 12.2. The number of hydrogen-bond donors (Lipinski definition) is 1. The number of likely N-dealkylation sites (tertiary alicyclic amines) is 1. The van der Waals surface area contributed by atoms with E-state index in [1.54, 1.807) is 0 Å². The molecule has 92 valence electrons. The quantitative estimate of drug-likeness (QED) is 0.765. The Hall–Kier alpha value is -0.610. The minimum absolute atomic E-state index is 0.273. The second kappa shape index (κ2) is 4.34. The lowest BCUT2D eigenvalue weighted by Crippen LogP contribution is -2.45. The summed E-state index contributed by atoms with van der Waals surface area (Å²) in [6.07, 6.45) is 3.35. The Labute approximate surface area is 98.0 Å². The van der Waals surface area contributed by atoms with Crippen LogP contribution in [-0.2, 0) is 4.79 Å². The van der Waals surface area contributed by atoms with Crippen molar-refractivity contribution in [1.29, 1.82) is 0 Å². The van der Waals surface area contributed by atoms with Gasteiger partial charge in [-0.25, -0.2) is 0 Å². The standard InChI is InChI=1S/C12H23N3O/c1-4-12(2)11(16)15(9-13-12)8-10-6-5-7-14(10)3/h10,13H,4-9H2,1-3H3. The molecule has 2 aliphatic rings. The van der Waals surface area contributed by atoms with Gasteiger partial charge in [0.05, 0.1) is 12.2 Å². The van der Waals surface area contributed by atoms with Crippen LogP contribution >= 0.6 is 0 Å². The maximum absolute atomic E-state index is 12.2. The van der Waals surface area contributed by atoms with Crippen LogP contribution in [0.1, 0.15) is 33.1 Å². The largest absolute Gasteiger partial charge is 0.327 e. The molecule has 0 aromatic rings. The fourth-order valence-electron chi connectivity index (χ4n) is 2.65. The Morgan fingerprint density at radius 2 is 2.31 bits per heavy atom. The number of amides is 1. The highest BCUT2D eigenvalue weighted by Crippen LogP contribution is 2.22. The van der Waals surface area contributed by atoms with Gasteiger partial charge in [-0.2, -0.15) is 0 Å². The summed E-state index contributed by atoms with van der Waals surface area (Å²) in [5.41, 5.74) is -0.322. The van der Waals surface area contributed by atoms with E-state index in [0.29, 0.717) is 12.7 Å². The van der Waals surface area contributed by atoms with Crippen molar-refractivity contribution in [2.75, 3.05) is 26.8 Å². The molecule has 2 rings (SSSR count). The molecule has 0 spiro atoms. The molecule has 0 saturated carbocycles. The van der Waals surface area contributed by atoms with Crippen molar-refractivity contribution in [2.45, 2.75) is 44.7 Å². The molecule has 2 saturated heterocycles. The minimum Gasteiger partial charge on any atom is -0.327 e. The number of likely N-dealkylation sites (N-methyl/N-ethyl adjacent to an activating group) is 1. The highest BCUT2D eigenvalue weighted by atomic mass is 16.2. The third-order valence-corrected chi connectivity index (χ3v) is 4.23. The summed E-state index contributed by atoms with van der Waals surface area (Å²) in [6.45, 7) is 6.85. The summed E-state index contributed by atoms with van der Waals surface area (Å²) in [5, 5.41) is 3.33. The van der Waals surface area contributed by atoms with E-state index in [4.69, 9.17) is 0 Å². The number of nitrogens with one attached hydrogen (secondary N) is 1. The van der Waals surface area contributed by atoms with E-state index in [0.717, 1.165) is 13.0 Å². The first-order valence-electron chi connectivity index (χ1n) is 6.31. The third kappa shape index (κ3) is 1.96. The van der Waals surface area contributed by atoms with Crippen molar-refractivity contribution in [3.63, 3.8) is 0 Å². The number of rotatable bonds is 3. The molecular formula is C12H23N3O. The smallest absolute Gasteiger partial charge is 0.243 e. The highest BCUT2D eigenvalue weighted by Gasteiger charge is 2.41. The van der Waals surface area contributed by atoms with Crippen LogP contribution in [-0.4, -0.2) is 54.1 Å². The third-order valence-electron chi connectivity index (χ3n) is 4.23. The zero-order chi connectivity index (χ0) is 11.8. The predicted molar refractivity (Wildman–Crippen MR) is 64.1 cm³/mol. The fraction of sp³-hybridized carbons (Fsp3) is 0.917. The van der Waals surface area contributed by atoms with Crippen molar-refractivity contribution in [3.8, 4) is 0 Å². The van der Waals surface area contributed by atoms with Crippen LogP contribution in [0.3, 0.4) is 0 Å². The summed E-state index contributed by atoms with van der Waals surface area (Å²) in [4.78, 5) is 16.5. The van der Waals surface area contributed by atoms with Crippen LogP contribution in [0.2, 0.25) is 0 Å². The van der Waals surface area contributed by atoms with Crippen LogP contribution in [0.25, 0.3) is 0 Å². The number of carbonyl (C=O) groups is 1. The van der Waals surface area contributed by atoms with Crippen molar-refractivity contribution in [2.24, 2.45) is 0 Å². The Kier molecular flexibility index (Phi) is 3.22. The molecule has 2 aliphatic heterocycles. The summed E-state index contributed by atoms with van der Waals surface area (Å²) in [7, 11) is 2.16. The Morgan fingerprint density at radius 1 is 1.56 bits per heavy atom. The van der Waals surface area contributed by atoms with Gasteiger partial charge in [0.1, 0.15) is 0 Å². The van der Waals surface area contributed by atoms with Gasteiger partial charge in [-0.3, -0.25) is 10.1 Å². The van der Waals surface area contributed by atoms with E-state index in [2.05, 4.69) is 24.2 Å². The molecule has 4 nitrogen and oxygen atoms in total. The summed E-state index contributed by atoms with van der Waals surface area (Å²) < 4.78 is 0. The molecule has 0 bridgehead atoms. The Balaban J connectivity index is 1.95. The van der Waals surface area contributed by atoms with Gasteiger partial charge in [0, 0.05) is 12.6 Å². The molecule has 1 N–H and O–H groups in total. The van der Waals surface area contributed by atoms with E-state index in [9.17, 15) is 4.79 Å². The first kappa shape index (κ1) is 11.9. The number of carbonyl (C=O) groups excluding carboxylic acids is 1. The monoisotopic (exact) mass is 225 g/mol. The zero-order valence-electron chi connectivity index (χ0n) is 10.6. The van der Waals surface area contributed by atoms with Gasteiger partial charge < -0.3 is 9.80 Å². The number of nitrogens with zero attached hydrogens (tertiary/aromatic N) is 2. The molecule has 4 heteroatoms. The second-order valence-corrected chi connectivity index (χ2v) is 5.32. The molecule has 0 aromatic heterocycles. The van der Waals surface area contributed by atoms with E-state index in [-0.39, 0.29) is 11.4 Å². The zero-order valence-corrected chi connectivity index (χ0v) is 10.6. The lowest BCUT2D eigenvalue weighted by Gasteiger charge is -2.26. The van der Waals surface area contributed by atoms with Crippen molar-refractivity contribution in [3.05, 3.63) is 0 Å². The van der Waals surface area contributed by atoms with Crippen molar-refractivity contribution >= 4 is 5.91 Å². The fourth-order valence-corrected chi connectivity index (χ4v) is 2.65. The van der Waals surface area contributed by atoms with Gasteiger partial charge in [-0.05, 0) is 39.8 Å². The van der Waals surface area contributed by atoms with Crippen molar-refractivity contribution < 1.29 is 4.79 Å². The van der Waals surface area contributed by atoms with Gasteiger partial charge in [0.2, 0.25) is 5.91 Å². The van der Waals surface area contributed by atoms with Crippen LogP contribution in [0.4, 0.5) is 0 Å². The van der Waals surface area contributed by atoms with E-state index >= 15 is 0 Å². The second-order valence-electron chi connectivity index (χ2n) is 5.32. The average molecular weight is 225 g/mol. The average Bonchev–Trinajstić information content (AvgIpc) is 2.79. The number of hydrogen-bond acceptors (Lipinski definition) is 3. The SMILES string of the molecule is CCC1(C)NCN(CC2CCCN2C)C1=O. The molecule has 0 radical (unpaired) electrons. The summed E-state index contributed by atoms with van der Waals surface area (Å²) in [5.74, 6) is 0.273. The van der Waals surface area contributed by atoms with E-state index in [1.807, 2.05) is 11.8 Å². The van der Waals surface area contributed by atoms with E-state index in [1.165, 1.54) is 19.4 Å². The summed E-state index contributed by atoms with van der Waals surface area (Å²) in [6, 6.07) is 0.560. The van der Waals surface area contributed by atoms with Gasteiger partial charge in [0.15, 0.2) is 0 Å². The molecule has 0 aliphatic carbocycles. The molecule has 1 amide bonds. The predicted octanol–water partition coefficient (Wildman–Crippen LogP) is 0.639. The lowest BCUT2D eigenvalue weighted by atomic mass is 9.99. The van der Waals surface area contributed by atoms with Crippen LogP contribution < -0.4 is 5.32 Å².